The van der Waals surface area contributed by atoms with Crippen LogP contribution in [-0.2, 0) is 41.6 Å². The van der Waals surface area contributed by atoms with E-state index in [1.165, 1.54) is 17.7 Å². The van der Waals surface area contributed by atoms with Crippen molar-refractivity contribution in [2.45, 2.75) is 56.7 Å². The molecule has 0 unspecified atom stereocenters. The van der Waals surface area contributed by atoms with Crippen molar-refractivity contribution in [3.8, 4) is 5.75 Å². The zero-order valence-corrected chi connectivity index (χ0v) is 24.8. The molecule has 0 atom stereocenters. The van der Waals surface area contributed by atoms with Crippen LogP contribution in [0.2, 0.25) is 0 Å². The Morgan fingerprint density at radius 1 is 0.929 bits per heavy atom. The number of nitrogens with one attached hydrogen (secondary N) is 1. The molecule has 0 saturated carbocycles. The Kier molecular flexibility index (Phi) is 8.96. The lowest BCUT2D eigenvalue weighted by molar-refractivity contribution is 0.0785. The number of aryl methyl sites for hydroxylation is 1. The molecule has 5 rings (SSSR count). The molecule has 1 aliphatic rings. The smallest absolute Gasteiger partial charge is 0.261 e. The van der Waals surface area contributed by atoms with E-state index < -0.39 is 21.4 Å². The van der Waals surface area contributed by atoms with Crippen molar-refractivity contribution >= 4 is 15.7 Å². The number of halogens is 1. The summed E-state index contributed by atoms with van der Waals surface area (Å²) in [6.07, 6.45) is 2.36. The van der Waals surface area contributed by atoms with Crippen LogP contribution in [0.1, 0.15) is 48.1 Å². The van der Waals surface area contributed by atoms with Crippen molar-refractivity contribution in [2.24, 2.45) is 0 Å². The summed E-state index contributed by atoms with van der Waals surface area (Å²) in [5.41, 5.74) is 4.30. The normalized spacial score (nSPS) is 13.9. The number of rotatable bonds is 11. The third-order valence-electron chi connectivity index (χ3n) is 7.55. The van der Waals surface area contributed by atoms with E-state index in [9.17, 15) is 17.9 Å². The number of sulfonamides is 1. The van der Waals surface area contributed by atoms with Crippen LogP contribution in [0.25, 0.3) is 0 Å². The Labute approximate surface area is 247 Å². The number of fused-ring (bicyclic) bond motifs is 1. The number of hydrogen-bond donors (Lipinski definition) is 2. The molecule has 1 aliphatic heterocycles. The Morgan fingerprint density at radius 3 is 2.40 bits per heavy atom. The van der Waals surface area contributed by atoms with Crippen molar-refractivity contribution in [3.63, 3.8) is 0 Å². The van der Waals surface area contributed by atoms with Crippen molar-refractivity contribution in [1.82, 2.24) is 4.90 Å². The van der Waals surface area contributed by atoms with E-state index in [0.29, 0.717) is 25.3 Å². The second-order valence-corrected chi connectivity index (χ2v) is 13.0. The fraction of sp³-hybridized carbons (Fsp3) is 0.294. The van der Waals surface area contributed by atoms with Crippen molar-refractivity contribution in [3.05, 3.63) is 125 Å². The topological polar surface area (TPSA) is 78.9 Å². The highest BCUT2D eigenvalue weighted by Gasteiger charge is 2.22. The third kappa shape index (κ3) is 7.56. The van der Waals surface area contributed by atoms with Gasteiger partial charge in [-0.3, -0.25) is 9.62 Å². The number of hydrogen-bond acceptors (Lipinski definition) is 5. The number of ether oxygens (including phenoxy) is 1. The summed E-state index contributed by atoms with van der Waals surface area (Å²) in [5, 5.41) is 10.2. The molecule has 4 aromatic carbocycles. The maximum absolute atomic E-state index is 14.8. The van der Waals surface area contributed by atoms with Crippen LogP contribution in [0.4, 0.5) is 10.1 Å². The number of nitrogens with zero attached hydrogens (tertiary/aromatic N) is 1. The molecule has 8 heteroatoms. The van der Waals surface area contributed by atoms with E-state index in [0.717, 1.165) is 48.2 Å². The van der Waals surface area contributed by atoms with E-state index in [-0.39, 0.29) is 10.6 Å². The summed E-state index contributed by atoms with van der Waals surface area (Å²) < 4.78 is 49.2. The first-order valence-electron chi connectivity index (χ1n) is 14.2. The molecule has 0 fully saturated rings. The van der Waals surface area contributed by atoms with Gasteiger partial charge in [0.1, 0.15) is 5.75 Å². The quantitative estimate of drug-likeness (QED) is 0.198. The van der Waals surface area contributed by atoms with Crippen molar-refractivity contribution < 1.29 is 22.7 Å². The standard InChI is InChI=1S/C34H37FN2O4S/c1-34(2,38)29-13-10-26(11-14-29)23-37-19-18-27-21-31(16-12-28(27)24-37)42(39,40)36-33-17-15-30(22-32(33)35)41-20-6-9-25-7-4-3-5-8-25/h3-5,7-8,10-17,21-22,36,38H,6,9,18-20,23-24H2,1-2H3. The van der Waals surface area contributed by atoms with E-state index in [1.54, 1.807) is 32.0 Å². The SMILES string of the molecule is CC(C)(O)c1ccc(CN2CCc3cc(S(=O)(=O)Nc4ccc(OCCCc5ccccc5)cc4F)ccc3C2)cc1. The molecule has 0 radical (unpaired) electrons. The Morgan fingerprint density at radius 2 is 1.69 bits per heavy atom. The summed E-state index contributed by atoms with van der Waals surface area (Å²) in [6, 6.07) is 27.3. The van der Waals surface area contributed by atoms with Gasteiger partial charge in [-0.05, 0) is 85.2 Å². The first kappa shape index (κ1) is 29.8. The molecule has 0 amide bonds. The molecule has 0 saturated heterocycles. The van der Waals surface area contributed by atoms with Crippen LogP contribution >= 0.6 is 0 Å². The van der Waals surface area contributed by atoms with Crippen LogP contribution < -0.4 is 9.46 Å². The van der Waals surface area contributed by atoms with Gasteiger partial charge in [0.2, 0.25) is 0 Å². The minimum Gasteiger partial charge on any atom is -0.493 e. The molecule has 2 N–H and O–H groups in total. The molecule has 1 heterocycles. The summed E-state index contributed by atoms with van der Waals surface area (Å²) in [7, 11) is -3.98. The second-order valence-electron chi connectivity index (χ2n) is 11.3. The average molecular weight is 589 g/mol. The number of anilines is 1. The maximum atomic E-state index is 14.8. The highest BCUT2D eigenvalue weighted by atomic mass is 32.2. The molecule has 4 aromatic rings. The van der Waals surface area contributed by atoms with Crippen LogP contribution in [0.5, 0.6) is 5.75 Å². The van der Waals surface area contributed by atoms with E-state index >= 15 is 0 Å². The maximum Gasteiger partial charge on any atom is 0.261 e. The van der Waals surface area contributed by atoms with Crippen LogP contribution in [0.15, 0.2) is 95.9 Å². The van der Waals surface area contributed by atoms with Crippen molar-refractivity contribution in [2.75, 3.05) is 17.9 Å². The van der Waals surface area contributed by atoms with E-state index in [1.807, 2.05) is 48.5 Å². The summed E-state index contributed by atoms with van der Waals surface area (Å²) in [5.74, 6) is -0.335. The molecule has 0 bridgehead atoms. The molecule has 220 valence electrons. The van der Waals surface area contributed by atoms with Gasteiger partial charge in [0.25, 0.3) is 10.0 Å². The molecule has 0 aromatic heterocycles. The summed E-state index contributed by atoms with van der Waals surface area (Å²) >= 11 is 0. The Balaban J connectivity index is 1.17. The first-order chi connectivity index (χ1) is 20.1. The lowest BCUT2D eigenvalue weighted by Crippen LogP contribution is -2.30. The summed E-state index contributed by atoms with van der Waals surface area (Å²) in [6.45, 7) is 6.23. The monoisotopic (exact) mass is 588 g/mol. The fourth-order valence-corrected chi connectivity index (χ4v) is 6.27. The predicted molar refractivity (Wildman–Crippen MR) is 163 cm³/mol. The minimum absolute atomic E-state index is 0.109. The predicted octanol–water partition coefficient (Wildman–Crippen LogP) is 6.42. The zero-order valence-electron chi connectivity index (χ0n) is 24.0. The van der Waals surface area contributed by atoms with Crippen LogP contribution in [0.3, 0.4) is 0 Å². The van der Waals surface area contributed by atoms with Gasteiger partial charge < -0.3 is 9.84 Å². The molecule has 42 heavy (non-hydrogen) atoms. The van der Waals surface area contributed by atoms with Gasteiger partial charge in [0, 0.05) is 25.7 Å². The van der Waals surface area contributed by atoms with Crippen LogP contribution in [-0.4, -0.2) is 31.6 Å². The lowest BCUT2D eigenvalue weighted by Gasteiger charge is -2.29. The van der Waals surface area contributed by atoms with Gasteiger partial charge in [0.05, 0.1) is 22.8 Å². The minimum atomic E-state index is -3.98. The average Bonchev–Trinajstić information content (AvgIpc) is 2.97. The van der Waals surface area contributed by atoms with E-state index in [2.05, 4.69) is 21.8 Å². The molecular formula is C34H37FN2O4S. The molecule has 0 spiro atoms. The highest BCUT2D eigenvalue weighted by molar-refractivity contribution is 7.92. The van der Waals surface area contributed by atoms with E-state index in [4.69, 9.17) is 4.74 Å². The van der Waals surface area contributed by atoms with Gasteiger partial charge in [0.15, 0.2) is 5.82 Å². The Hall–Kier alpha value is -3.72. The number of benzene rings is 4. The molecular weight excluding hydrogens is 551 g/mol. The van der Waals surface area contributed by atoms with Gasteiger partial charge >= 0.3 is 0 Å². The zero-order chi connectivity index (χ0) is 29.7. The highest BCUT2D eigenvalue weighted by Crippen LogP contribution is 2.28. The molecule has 6 nitrogen and oxygen atoms in total. The van der Waals surface area contributed by atoms with Gasteiger partial charge in [-0.1, -0.05) is 60.7 Å². The van der Waals surface area contributed by atoms with Gasteiger partial charge in [-0.15, -0.1) is 0 Å². The van der Waals surface area contributed by atoms with Crippen molar-refractivity contribution in [1.29, 1.82) is 0 Å². The first-order valence-corrected chi connectivity index (χ1v) is 15.7. The fourth-order valence-electron chi connectivity index (χ4n) is 5.15. The largest absolute Gasteiger partial charge is 0.493 e. The summed E-state index contributed by atoms with van der Waals surface area (Å²) in [4.78, 5) is 2.42. The van der Waals surface area contributed by atoms with Gasteiger partial charge in [-0.2, -0.15) is 0 Å². The Bertz CT molecular complexity index is 1620. The van der Waals surface area contributed by atoms with Gasteiger partial charge in [-0.25, -0.2) is 12.8 Å². The lowest BCUT2D eigenvalue weighted by atomic mass is 9.96. The molecule has 0 aliphatic carbocycles. The van der Waals surface area contributed by atoms with Crippen LogP contribution in [0, 0.1) is 5.82 Å². The second kappa shape index (κ2) is 12.7. The third-order valence-corrected chi connectivity index (χ3v) is 8.92. The number of aliphatic hydroxyl groups is 1.